The van der Waals surface area contributed by atoms with E-state index >= 15 is 0 Å². The molecule has 128 valence electrons. The standard InChI is InChI=1S/C19H18N2O4/c1-21(15-5-3-2-4-6-15)18(23)12-25-19(24)14-7-9-16-13(11-14)8-10-17(22)20-16/h2-7,9,11H,8,10,12H2,1H3,(H,20,22). The van der Waals surface area contributed by atoms with Gasteiger partial charge in [0.15, 0.2) is 6.61 Å². The first-order valence-corrected chi connectivity index (χ1v) is 7.96. The Bertz CT molecular complexity index is 817. The van der Waals surface area contributed by atoms with Crippen molar-refractivity contribution >= 4 is 29.2 Å². The van der Waals surface area contributed by atoms with E-state index in [4.69, 9.17) is 4.74 Å². The summed E-state index contributed by atoms with van der Waals surface area (Å²) in [6.07, 6.45) is 0.976. The minimum atomic E-state index is -0.561. The van der Waals surface area contributed by atoms with E-state index in [1.165, 1.54) is 4.90 Å². The van der Waals surface area contributed by atoms with Crippen LogP contribution in [0.2, 0.25) is 0 Å². The summed E-state index contributed by atoms with van der Waals surface area (Å²) in [6, 6.07) is 14.1. The van der Waals surface area contributed by atoms with Crippen LogP contribution in [-0.2, 0) is 20.7 Å². The maximum Gasteiger partial charge on any atom is 0.338 e. The van der Waals surface area contributed by atoms with E-state index in [9.17, 15) is 14.4 Å². The molecule has 3 rings (SSSR count). The van der Waals surface area contributed by atoms with Gasteiger partial charge in [0.05, 0.1) is 5.56 Å². The van der Waals surface area contributed by atoms with Crippen LogP contribution in [0.3, 0.4) is 0 Å². The van der Waals surface area contributed by atoms with Crippen molar-refractivity contribution in [1.82, 2.24) is 0 Å². The summed E-state index contributed by atoms with van der Waals surface area (Å²) in [5.41, 5.74) is 2.70. The zero-order valence-electron chi connectivity index (χ0n) is 13.8. The Morgan fingerprint density at radius 3 is 2.64 bits per heavy atom. The molecule has 2 aromatic rings. The van der Waals surface area contributed by atoms with Gasteiger partial charge in [-0.15, -0.1) is 0 Å². The van der Waals surface area contributed by atoms with E-state index in [1.54, 1.807) is 37.4 Å². The van der Waals surface area contributed by atoms with Crippen molar-refractivity contribution in [2.45, 2.75) is 12.8 Å². The number of hydrogen-bond acceptors (Lipinski definition) is 4. The second-order valence-electron chi connectivity index (χ2n) is 5.78. The van der Waals surface area contributed by atoms with Crippen molar-refractivity contribution < 1.29 is 19.1 Å². The number of carbonyl (C=O) groups is 3. The van der Waals surface area contributed by atoms with Crippen molar-refractivity contribution in [3.05, 3.63) is 59.7 Å². The van der Waals surface area contributed by atoms with Gasteiger partial charge in [-0.3, -0.25) is 9.59 Å². The van der Waals surface area contributed by atoms with Gasteiger partial charge in [-0.2, -0.15) is 0 Å². The molecule has 0 atom stereocenters. The molecule has 6 heteroatoms. The summed E-state index contributed by atoms with van der Waals surface area (Å²) < 4.78 is 5.13. The Labute approximate surface area is 145 Å². The van der Waals surface area contributed by atoms with Crippen LogP contribution >= 0.6 is 0 Å². The molecule has 6 nitrogen and oxygen atoms in total. The van der Waals surface area contributed by atoms with E-state index in [-0.39, 0.29) is 18.4 Å². The fourth-order valence-electron chi connectivity index (χ4n) is 2.61. The normalized spacial score (nSPS) is 12.8. The van der Waals surface area contributed by atoms with Crippen LogP contribution in [0.5, 0.6) is 0 Å². The van der Waals surface area contributed by atoms with Crippen molar-refractivity contribution in [1.29, 1.82) is 0 Å². The number of esters is 1. The maximum absolute atomic E-state index is 12.2. The van der Waals surface area contributed by atoms with Crippen LogP contribution in [0, 0.1) is 0 Å². The zero-order valence-corrected chi connectivity index (χ0v) is 13.8. The Morgan fingerprint density at radius 2 is 1.88 bits per heavy atom. The molecule has 0 saturated heterocycles. The first-order valence-electron chi connectivity index (χ1n) is 7.96. The third-order valence-electron chi connectivity index (χ3n) is 4.08. The van der Waals surface area contributed by atoms with Crippen molar-refractivity contribution in [3.8, 4) is 0 Å². The van der Waals surface area contributed by atoms with Gasteiger partial charge in [0.2, 0.25) is 5.91 Å². The molecule has 0 spiro atoms. The van der Waals surface area contributed by atoms with Gasteiger partial charge in [-0.05, 0) is 42.3 Å². The lowest BCUT2D eigenvalue weighted by atomic mass is 10.0. The van der Waals surface area contributed by atoms with Crippen LogP contribution in [0.1, 0.15) is 22.3 Å². The summed E-state index contributed by atoms with van der Waals surface area (Å²) in [6.45, 7) is -0.335. The van der Waals surface area contributed by atoms with Gasteiger partial charge < -0.3 is 15.0 Å². The first kappa shape index (κ1) is 16.7. The number of ether oxygens (including phenoxy) is 1. The van der Waals surface area contributed by atoms with Gasteiger partial charge in [0.25, 0.3) is 5.91 Å². The number of fused-ring (bicyclic) bond motifs is 1. The number of benzene rings is 2. The summed E-state index contributed by atoms with van der Waals surface area (Å²) in [7, 11) is 1.63. The van der Waals surface area contributed by atoms with Crippen LogP contribution in [0.15, 0.2) is 48.5 Å². The molecule has 1 aliphatic heterocycles. The fourth-order valence-corrected chi connectivity index (χ4v) is 2.61. The third-order valence-corrected chi connectivity index (χ3v) is 4.08. The second kappa shape index (κ2) is 7.17. The average Bonchev–Trinajstić information content (AvgIpc) is 2.65. The van der Waals surface area contributed by atoms with Gasteiger partial charge in [-0.1, -0.05) is 18.2 Å². The van der Waals surface area contributed by atoms with Crippen LogP contribution in [0.25, 0.3) is 0 Å². The number of anilines is 2. The molecule has 0 fully saturated rings. The zero-order chi connectivity index (χ0) is 17.8. The molecule has 0 saturated carbocycles. The summed E-state index contributed by atoms with van der Waals surface area (Å²) >= 11 is 0. The van der Waals surface area contributed by atoms with Gasteiger partial charge in [0, 0.05) is 24.8 Å². The third kappa shape index (κ3) is 3.85. The number of hydrogen-bond donors (Lipinski definition) is 1. The molecule has 2 amide bonds. The minimum Gasteiger partial charge on any atom is -0.452 e. The highest BCUT2D eigenvalue weighted by molar-refractivity contribution is 5.98. The number of likely N-dealkylation sites (N-methyl/N-ethyl adjacent to an activating group) is 1. The van der Waals surface area contributed by atoms with Crippen molar-refractivity contribution in [2.24, 2.45) is 0 Å². The minimum absolute atomic E-state index is 0.0302. The molecule has 1 aliphatic rings. The Morgan fingerprint density at radius 1 is 1.12 bits per heavy atom. The Balaban J connectivity index is 1.61. The number of carbonyl (C=O) groups excluding carboxylic acids is 3. The Kier molecular flexibility index (Phi) is 4.79. The smallest absolute Gasteiger partial charge is 0.338 e. The molecule has 0 unspecified atom stereocenters. The van der Waals surface area contributed by atoms with Gasteiger partial charge >= 0.3 is 5.97 Å². The number of para-hydroxylation sites is 1. The largest absolute Gasteiger partial charge is 0.452 e. The monoisotopic (exact) mass is 338 g/mol. The van der Waals surface area contributed by atoms with Crippen LogP contribution in [0.4, 0.5) is 11.4 Å². The molecule has 25 heavy (non-hydrogen) atoms. The first-order chi connectivity index (χ1) is 12.0. The molecular formula is C19H18N2O4. The predicted molar refractivity (Wildman–Crippen MR) is 93.5 cm³/mol. The van der Waals surface area contributed by atoms with E-state index in [0.717, 1.165) is 11.3 Å². The molecule has 2 aromatic carbocycles. The fraction of sp³-hybridized carbons (Fsp3) is 0.211. The van der Waals surface area contributed by atoms with E-state index in [0.29, 0.717) is 24.1 Å². The number of nitrogens with one attached hydrogen (secondary N) is 1. The number of nitrogens with zero attached hydrogens (tertiary/aromatic N) is 1. The predicted octanol–water partition coefficient (Wildman–Crippen LogP) is 2.39. The molecular weight excluding hydrogens is 320 g/mol. The second-order valence-corrected chi connectivity index (χ2v) is 5.78. The van der Waals surface area contributed by atoms with Crippen molar-refractivity contribution in [3.63, 3.8) is 0 Å². The quantitative estimate of drug-likeness (QED) is 0.869. The van der Waals surface area contributed by atoms with E-state index in [1.807, 2.05) is 18.2 Å². The lowest BCUT2D eigenvalue weighted by Gasteiger charge is -2.18. The number of aryl methyl sites for hydroxylation is 1. The highest BCUT2D eigenvalue weighted by atomic mass is 16.5. The Hall–Kier alpha value is -3.15. The van der Waals surface area contributed by atoms with Gasteiger partial charge in [-0.25, -0.2) is 4.79 Å². The van der Waals surface area contributed by atoms with Crippen LogP contribution in [-0.4, -0.2) is 31.4 Å². The molecule has 0 radical (unpaired) electrons. The maximum atomic E-state index is 12.2. The van der Waals surface area contributed by atoms with E-state index in [2.05, 4.69) is 5.32 Å². The average molecular weight is 338 g/mol. The lowest BCUT2D eigenvalue weighted by molar-refractivity contribution is -0.121. The highest BCUT2D eigenvalue weighted by Gasteiger charge is 2.18. The van der Waals surface area contributed by atoms with Crippen LogP contribution < -0.4 is 10.2 Å². The summed E-state index contributed by atoms with van der Waals surface area (Å²) in [4.78, 5) is 37.1. The molecule has 0 bridgehead atoms. The van der Waals surface area contributed by atoms with Crippen molar-refractivity contribution in [2.75, 3.05) is 23.9 Å². The van der Waals surface area contributed by atoms with E-state index < -0.39 is 5.97 Å². The molecule has 0 aliphatic carbocycles. The number of rotatable bonds is 4. The molecule has 1 N–H and O–H groups in total. The molecule has 1 heterocycles. The lowest BCUT2D eigenvalue weighted by Crippen LogP contribution is -2.31. The summed E-state index contributed by atoms with van der Waals surface area (Å²) in [5.74, 6) is -0.906. The number of amides is 2. The topological polar surface area (TPSA) is 75.7 Å². The summed E-state index contributed by atoms with van der Waals surface area (Å²) in [5, 5.41) is 2.76. The molecule has 0 aromatic heterocycles. The highest BCUT2D eigenvalue weighted by Crippen LogP contribution is 2.23. The van der Waals surface area contributed by atoms with Gasteiger partial charge in [0.1, 0.15) is 0 Å². The SMILES string of the molecule is CN(C(=O)COC(=O)c1ccc2c(c1)CCC(=O)N2)c1ccccc1.